The minimum Gasteiger partial charge on any atom is -0.0883 e. The van der Waals surface area contributed by atoms with Crippen molar-refractivity contribution < 1.29 is 0 Å². The van der Waals surface area contributed by atoms with E-state index in [1.807, 2.05) is 0 Å². The summed E-state index contributed by atoms with van der Waals surface area (Å²) in [5, 5.41) is 0.999. The second kappa shape index (κ2) is 8.22. The third-order valence-electron chi connectivity index (χ3n) is 1.23. The van der Waals surface area contributed by atoms with E-state index in [9.17, 15) is 0 Å². The van der Waals surface area contributed by atoms with Gasteiger partial charge in [0.1, 0.15) is 0 Å². The molecule has 0 amide bonds. The minimum atomic E-state index is 0.999. The zero-order valence-electron chi connectivity index (χ0n) is 6.07. The minimum absolute atomic E-state index is 0.999. The molecular weight excluding hydrogens is 176 g/mol. The maximum absolute atomic E-state index is 3.33. The molecule has 9 heavy (non-hydrogen) atoms. The first-order valence-corrected chi connectivity index (χ1v) is 4.75. The van der Waals surface area contributed by atoms with Crippen molar-refractivity contribution in [2.45, 2.75) is 32.6 Å². The van der Waals surface area contributed by atoms with E-state index in [4.69, 9.17) is 0 Å². The van der Waals surface area contributed by atoms with Crippen LogP contribution in [0.15, 0.2) is 12.2 Å². The van der Waals surface area contributed by atoms with Crippen molar-refractivity contribution in [1.29, 1.82) is 0 Å². The standard InChI is InChI=1S/C8H15Br/c1-2-3-4-5-6-7-8-9/h6-7H,2-5,8H2,1H3. The van der Waals surface area contributed by atoms with E-state index in [-0.39, 0.29) is 0 Å². The average Bonchev–Trinajstić information content (AvgIpc) is 1.89. The molecule has 0 unspecified atom stereocenters. The van der Waals surface area contributed by atoms with Crippen LogP contribution in [0.5, 0.6) is 0 Å². The fraction of sp³-hybridized carbons (Fsp3) is 0.750. The Morgan fingerprint density at radius 2 is 2.00 bits per heavy atom. The Kier molecular flexibility index (Phi) is 8.42. The Bertz CT molecular complexity index is 67.0. The predicted molar refractivity (Wildman–Crippen MR) is 47.1 cm³/mol. The zero-order chi connectivity index (χ0) is 6.95. The lowest BCUT2D eigenvalue weighted by atomic mass is 10.2. The Hall–Kier alpha value is 0.220. The van der Waals surface area contributed by atoms with Gasteiger partial charge in [0.15, 0.2) is 0 Å². The highest BCUT2D eigenvalue weighted by Crippen LogP contribution is 1.99. The van der Waals surface area contributed by atoms with Gasteiger partial charge in [0, 0.05) is 5.33 Å². The maximum Gasteiger partial charge on any atom is 0.0212 e. The lowest BCUT2D eigenvalue weighted by Crippen LogP contribution is -1.70. The van der Waals surface area contributed by atoms with E-state index in [1.165, 1.54) is 25.7 Å². The van der Waals surface area contributed by atoms with Gasteiger partial charge < -0.3 is 0 Å². The molecule has 0 N–H and O–H groups in total. The topological polar surface area (TPSA) is 0 Å². The van der Waals surface area contributed by atoms with Crippen LogP contribution in [0.25, 0.3) is 0 Å². The van der Waals surface area contributed by atoms with Gasteiger partial charge in [-0.1, -0.05) is 47.8 Å². The molecule has 0 heterocycles. The second-order valence-corrected chi connectivity index (χ2v) is 2.77. The largest absolute Gasteiger partial charge is 0.0883 e. The van der Waals surface area contributed by atoms with E-state index in [0.717, 1.165) is 5.33 Å². The third kappa shape index (κ3) is 8.22. The SMILES string of the molecule is CCCCCC=CCBr. The summed E-state index contributed by atoms with van der Waals surface area (Å²) < 4.78 is 0. The molecule has 0 radical (unpaired) electrons. The maximum atomic E-state index is 3.33. The molecule has 0 fully saturated rings. The number of unbranched alkanes of at least 4 members (excludes halogenated alkanes) is 3. The lowest BCUT2D eigenvalue weighted by molar-refractivity contribution is 0.729. The van der Waals surface area contributed by atoms with Crippen LogP contribution in [0.1, 0.15) is 32.6 Å². The first-order valence-electron chi connectivity index (χ1n) is 3.62. The van der Waals surface area contributed by atoms with Crippen molar-refractivity contribution in [2.24, 2.45) is 0 Å². The predicted octanol–water partition coefficient (Wildman–Crippen LogP) is 3.52. The summed E-state index contributed by atoms with van der Waals surface area (Å²) in [4.78, 5) is 0. The van der Waals surface area contributed by atoms with Gasteiger partial charge in [-0.05, 0) is 12.8 Å². The highest BCUT2D eigenvalue weighted by atomic mass is 79.9. The van der Waals surface area contributed by atoms with Crippen LogP contribution >= 0.6 is 15.9 Å². The van der Waals surface area contributed by atoms with E-state index >= 15 is 0 Å². The van der Waals surface area contributed by atoms with Crippen LogP contribution in [0.4, 0.5) is 0 Å². The quantitative estimate of drug-likeness (QED) is 0.354. The number of hydrogen-bond acceptors (Lipinski definition) is 0. The van der Waals surface area contributed by atoms with Crippen LogP contribution < -0.4 is 0 Å². The molecular formula is C8H15Br. The number of alkyl halides is 1. The van der Waals surface area contributed by atoms with Crippen LogP contribution in [0.2, 0.25) is 0 Å². The number of rotatable bonds is 5. The number of hydrogen-bond donors (Lipinski definition) is 0. The summed E-state index contributed by atoms with van der Waals surface area (Å²) >= 11 is 3.33. The van der Waals surface area contributed by atoms with Crippen LogP contribution in [-0.2, 0) is 0 Å². The van der Waals surface area contributed by atoms with Crippen molar-refractivity contribution in [1.82, 2.24) is 0 Å². The highest BCUT2D eigenvalue weighted by molar-refractivity contribution is 9.09. The summed E-state index contributed by atoms with van der Waals surface area (Å²) in [5.74, 6) is 0. The summed E-state index contributed by atoms with van der Waals surface area (Å²) in [6.45, 7) is 2.23. The van der Waals surface area contributed by atoms with Gasteiger partial charge in [-0.2, -0.15) is 0 Å². The van der Waals surface area contributed by atoms with Crippen LogP contribution in [0, 0.1) is 0 Å². The molecule has 0 rings (SSSR count). The van der Waals surface area contributed by atoms with E-state index in [2.05, 4.69) is 35.0 Å². The molecule has 0 nitrogen and oxygen atoms in total. The number of allylic oxidation sites excluding steroid dienone is 2. The van der Waals surface area contributed by atoms with Crippen molar-refractivity contribution in [3.63, 3.8) is 0 Å². The zero-order valence-corrected chi connectivity index (χ0v) is 7.65. The normalized spacial score (nSPS) is 10.9. The summed E-state index contributed by atoms with van der Waals surface area (Å²) in [6, 6.07) is 0. The smallest absolute Gasteiger partial charge is 0.0212 e. The molecule has 0 aromatic carbocycles. The van der Waals surface area contributed by atoms with Gasteiger partial charge in [-0.25, -0.2) is 0 Å². The lowest BCUT2D eigenvalue weighted by Gasteiger charge is -1.89. The molecule has 0 aromatic heterocycles. The first-order chi connectivity index (χ1) is 4.41. The van der Waals surface area contributed by atoms with Crippen LogP contribution in [-0.4, -0.2) is 5.33 Å². The van der Waals surface area contributed by atoms with Crippen molar-refractivity contribution >= 4 is 15.9 Å². The molecule has 0 bridgehead atoms. The number of halogens is 1. The molecule has 0 aliphatic rings. The first kappa shape index (κ1) is 9.22. The Morgan fingerprint density at radius 1 is 1.22 bits per heavy atom. The van der Waals surface area contributed by atoms with Gasteiger partial charge >= 0.3 is 0 Å². The van der Waals surface area contributed by atoms with Gasteiger partial charge in [-0.15, -0.1) is 0 Å². The fourth-order valence-corrected chi connectivity index (χ4v) is 0.957. The van der Waals surface area contributed by atoms with Crippen molar-refractivity contribution in [3.8, 4) is 0 Å². The Balaban J connectivity index is 2.82. The van der Waals surface area contributed by atoms with Gasteiger partial charge in [-0.3, -0.25) is 0 Å². The molecule has 0 atom stereocenters. The van der Waals surface area contributed by atoms with Crippen LogP contribution in [0.3, 0.4) is 0 Å². The van der Waals surface area contributed by atoms with Gasteiger partial charge in [0.2, 0.25) is 0 Å². The summed E-state index contributed by atoms with van der Waals surface area (Å²) in [5.41, 5.74) is 0. The average molecular weight is 191 g/mol. The Labute approximate surface area is 66.5 Å². The highest BCUT2D eigenvalue weighted by Gasteiger charge is 1.79. The second-order valence-electron chi connectivity index (χ2n) is 2.12. The molecule has 0 saturated carbocycles. The van der Waals surface area contributed by atoms with Crippen molar-refractivity contribution in [2.75, 3.05) is 5.33 Å². The molecule has 0 aliphatic heterocycles. The van der Waals surface area contributed by atoms with E-state index < -0.39 is 0 Å². The molecule has 54 valence electrons. The molecule has 1 heteroatoms. The summed E-state index contributed by atoms with van der Waals surface area (Å²) in [6.07, 6.45) is 9.69. The van der Waals surface area contributed by atoms with Gasteiger partial charge in [0.25, 0.3) is 0 Å². The Morgan fingerprint density at radius 3 is 2.56 bits per heavy atom. The summed E-state index contributed by atoms with van der Waals surface area (Å²) in [7, 11) is 0. The van der Waals surface area contributed by atoms with Gasteiger partial charge in [0.05, 0.1) is 0 Å². The fourth-order valence-electron chi connectivity index (χ4n) is 0.693. The monoisotopic (exact) mass is 190 g/mol. The molecule has 0 aromatic rings. The third-order valence-corrected chi connectivity index (χ3v) is 1.60. The van der Waals surface area contributed by atoms with Crippen molar-refractivity contribution in [3.05, 3.63) is 12.2 Å². The molecule has 0 saturated heterocycles. The molecule has 0 aliphatic carbocycles. The van der Waals surface area contributed by atoms with E-state index in [1.54, 1.807) is 0 Å². The van der Waals surface area contributed by atoms with E-state index in [0.29, 0.717) is 0 Å². The molecule has 0 spiro atoms.